The first-order chi connectivity index (χ1) is 11.8. The van der Waals surface area contributed by atoms with Gasteiger partial charge in [-0.05, 0) is 53.5 Å². The summed E-state index contributed by atoms with van der Waals surface area (Å²) in [6.45, 7) is 11.1. The van der Waals surface area contributed by atoms with Gasteiger partial charge in [-0.1, -0.05) is 71.0 Å². The molecule has 0 radical (unpaired) electrons. The molecule has 2 aromatic rings. The van der Waals surface area contributed by atoms with E-state index in [-0.39, 0.29) is 5.92 Å². The average Bonchev–Trinajstić information content (AvgIpc) is 2.55. The number of nitrogens with two attached hydrogens (primary N) is 1. The molecule has 2 heteroatoms. The molecule has 0 fully saturated rings. The third-order valence-electron chi connectivity index (χ3n) is 4.41. The molecule has 0 amide bonds. The molecular weight excluding hydrogens is 304 g/mol. The van der Waals surface area contributed by atoms with E-state index in [4.69, 9.17) is 5.73 Å². The SMILES string of the molecule is CC(C)Cc1ccc(N=C(N)C(C)c2ccc(CC(C)C)cc2)cc1. The normalized spacial score (nSPS) is 13.5. The zero-order valence-electron chi connectivity index (χ0n) is 16.3. The van der Waals surface area contributed by atoms with E-state index in [0.29, 0.717) is 17.7 Å². The van der Waals surface area contributed by atoms with Crippen LogP contribution in [-0.4, -0.2) is 5.84 Å². The van der Waals surface area contributed by atoms with Crippen LogP contribution in [0.4, 0.5) is 5.69 Å². The summed E-state index contributed by atoms with van der Waals surface area (Å²) < 4.78 is 0. The fraction of sp³-hybridized carbons (Fsp3) is 0.435. The molecule has 134 valence electrons. The van der Waals surface area contributed by atoms with Crippen molar-refractivity contribution in [3.05, 3.63) is 65.2 Å². The maximum Gasteiger partial charge on any atom is 0.107 e. The smallest absolute Gasteiger partial charge is 0.107 e. The molecule has 2 aromatic carbocycles. The van der Waals surface area contributed by atoms with Crippen LogP contribution >= 0.6 is 0 Å². The minimum atomic E-state index is 0.114. The lowest BCUT2D eigenvalue weighted by atomic mass is 9.96. The molecule has 0 aliphatic carbocycles. The Hall–Kier alpha value is -2.09. The van der Waals surface area contributed by atoms with Crippen LogP contribution in [0.2, 0.25) is 0 Å². The van der Waals surface area contributed by atoms with Crippen LogP contribution in [0.25, 0.3) is 0 Å². The monoisotopic (exact) mass is 336 g/mol. The molecule has 0 heterocycles. The van der Waals surface area contributed by atoms with E-state index in [1.54, 1.807) is 0 Å². The van der Waals surface area contributed by atoms with Crippen molar-refractivity contribution in [3.63, 3.8) is 0 Å². The Bertz CT molecular complexity index is 679. The van der Waals surface area contributed by atoms with E-state index in [1.807, 2.05) is 0 Å². The Morgan fingerprint density at radius 1 is 0.760 bits per heavy atom. The highest BCUT2D eigenvalue weighted by Crippen LogP contribution is 2.21. The summed E-state index contributed by atoms with van der Waals surface area (Å²) in [6.07, 6.45) is 2.21. The molecule has 2 nitrogen and oxygen atoms in total. The molecule has 0 aliphatic heterocycles. The fourth-order valence-corrected chi connectivity index (χ4v) is 3.01. The van der Waals surface area contributed by atoms with Gasteiger partial charge in [0.1, 0.15) is 5.84 Å². The van der Waals surface area contributed by atoms with Crippen molar-refractivity contribution in [3.8, 4) is 0 Å². The van der Waals surface area contributed by atoms with Crippen LogP contribution in [0, 0.1) is 11.8 Å². The standard InChI is InChI=1S/C23H32N2/c1-16(2)14-19-6-10-21(11-7-19)18(5)23(24)25-22-12-8-20(9-13-22)15-17(3)4/h6-13,16-18H,14-15H2,1-5H3,(H2,24,25). The van der Waals surface area contributed by atoms with Gasteiger partial charge >= 0.3 is 0 Å². The van der Waals surface area contributed by atoms with E-state index < -0.39 is 0 Å². The topological polar surface area (TPSA) is 38.4 Å². The summed E-state index contributed by atoms with van der Waals surface area (Å²) in [4.78, 5) is 4.62. The number of hydrogen-bond acceptors (Lipinski definition) is 1. The predicted molar refractivity (Wildman–Crippen MR) is 110 cm³/mol. The van der Waals surface area contributed by atoms with Crippen molar-refractivity contribution < 1.29 is 0 Å². The highest BCUT2D eigenvalue weighted by molar-refractivity contribution is 5.89. The van der Waals surface area contributed by atoms with Gasteiger partial charge in [0.05, 0.1) is 5.69 Å². The Balaban J connectivity index is 2.07. The second-order valence-corrected chi connectivity index (χ2v) is 7.86. The number of aliphatic imine (C=N–C) groups is 1. The molecule has 0 spiro atoms. The van der Waals surface area contributed by atoms with E-state index >= 15 is 0 Å². The number of rotatable bonds is 7. The van der Waals surface area contributed by atoms with Crippen molar-refractivity contribution in [1.29, 1.82) is 0 Å². The van der Waals surface area contributed by atoms with Crippen molar-refractivity contribution in [2.24, 2.45) is 22.6 Å². The molecule has 0 aliphatic rings. The van der Waals surface area contributed by atoms with Crippen molar-refractivity contribution in [2.75, 3.05) is 0 Å². The zero-order valence-corrected chi connectivity index (χ0v) is 16.3. The number of benzene rings is 2. The van der Waals surface area contributed by atoms with Crippen LogP contribution in [0.15, 0.2) is 53.5 Å². The Morgan fingerprint density at radius 3 is 1.64 bits per heavy atom. The third-order valence-corrected chi connectivity index (χ3v) is 4.41. The Kier molecular flexibility index (Phi) is 6.81. The largest absolute Gasteiger partial charge is 0.387 e. The van der Waals surface area contributed by atoms with E-state index in [0.717, 1.165) is 18.5 Å². The molecule has 1 atom stereocenters. The highest BCUT2D eigenvalue weighted by atomic mass is 14.9. The summed E-state index contributed by atoms with van der Waals surface area (Å²) in [5.74, 6) is 2.11. The maximum absolute atomic E-state index is 6.27. The minimum absolute atomic E-state index is 0.114. The Morgan fingerprint density at radius 2 is 1.20 bits per heavy atom. The number of nitrogens with zero attached hydrogens (tertiary/aromatic N) is 1. The summed E-state index contributed by atoms with van der Waals surface area (Å²) in [5.41, 5.74) is 11.1. The second-order valence-electron chi connectivity index (χ2n) is 7.86. The zero-order chi connectivity index (χ0) is 18.4. The highest BCUT2D eigenvalue weighted by Gasteiger charge is 2.10. The maximum atomic E-state index is 6.27. The van der Waals surface area contributed by atoms with Crippen molar-refractivity contribution >= 4 is 11.5 Å². The quantitative estimate of drug-likeness (QED) is 0.498. The molecule has 1 unspecified atom stereocenters. The summed E-state index contributed by atoms with van der Waals surface area (Å²) >= 11 is 0. The van der Waals surface area contributed by atoms with Gasteiger partial charge in [0.15, 0.2) is 0 Å². The lowest BCUT2D eigenvalue weighted by molar-refractivity contribution is 0.647. The predicted octanol–water partition coefficient (Wildman–Crippen LogP) is 5.88. The van der Waals surface area contributed by atoms with Crippen LogP contribution in [0.1, 0.15) is 57.2 Å². The van der Waals surface area contributed by atoms with Gasteiger partial charge in [-0.3, -0.25) is 0 Å². The molecule has 0 saturated carbocycles. The van der Waals surface area contributed by atoms with Crippen LogP contribution in [0.3, 0.4) is 0 Å². The fourth-order valence-electron chi connectivity index (χ4n) is 3.01. The molecule has 0 saturated heterocycles. The Labute approximate surface area is 153 Å². The van der Waals surface area contributed by atoms with E-state index in [1.165, 1.54) is 16.7 Å². The summed E-state index contributed by atoms with van der Waals surface area (Å²) in [7, 11) is 0. The third kappa shape index (κ3) is 6.04. The van der Waals surface area contributed by atoms with Crippen LogP contribution < -0.4 is 5.73 Å². The van der Waals surface area contributed by atoms with E-state index in [9.17, 15) is 0 Å². The van der Waals surface area contributed by atoms with Gasteiger partial charge < -0.3 is 5.73 Å². The van der Waals surface area contributed by atoms with Gasteiger partial charge in [-0.15, -0.1) is 0 Å². The van der Waals surface area contributed by atoms with Gasteiger partial charge in [0, 0.05) is 5.92 Å². The van der Waals surface area contributed by atoms with Gasteiger partial charge in [0.2, 0.25) is 0 Å². The summed E-state index contributed by atoms with van der Waals surface area (Å²) in [5, 5.41) is 0. The first-order valence-corrected chi connectivity index (χ1v) is 9.37. The molecule has 25 heavy (non-hydrogen) atoms. The lowest BCUT2D eigenvalue weighted by Gasteiger charge is -2.13. The first-order valence-electron chi connectivity index (χ1n) is 9.37. The molecular formula is C23H32N2. The minimum Gasteiger partial charge on any atom is -0.387 e. The molecule has 2 N–H and O–H groups in total. The summed E-state index contributed by atoms with van der Waals surface area (Å²) in [6, 6.07) is 17.2. The molecule has 0 bridgehead atoms. The van der Waals surface area contributed by atoms with Crippen molar-refractivity contribution in [1.82, 2.24) is 0 Å². The first kappa shape index (κ1) is 19.2. The van der Waals surface area contributed by atoms with Gasteiger partial charge in [-0.2, -0.15) is 0 Å². The van der Waals surface area contributed by atoms with Crippen molar-refractivity contribution in [2.45, 2.75) is 53.4 Å². The van der Waals surface area contributed by atoms with Gasteiger partial charge in [-0.25, -0.2) is 4.99 Å². The van der Waals surface area contributed by atoms with E-state index in [2.05, 4.69) is 88.1 Å². The lowest BCUT2D eigenvalue weighted by Crippen LogP contribution is -2.19. The van der Waals surface area contributed by atoms with Crippen LogP contribution in [-0.2, 0) is 12.8 Å². The number of amidine groups is 1. The van der Waals surface area contributed by atoms with Gasteiger partial charge in [0.25, 0.3) is 0 Å². The molecule has 2 rings (SSSR count). The molecule has 0 aromatic heterocycles. The second kappa shape index (κ2) is 8.84. The average molecular weight is 337 g/mol. The number of hydrogen-bond donors (Lipinski definition) is 1. The van der Waals surface area contributed by atoms with Crippen LogP contribution in [0.5, 0.6) is 0 Å².